The van der Waals surface area contributed by atoms with E-state index in [1.54, 1.807) is 6.92 Å². The van der Waals surface area contributed by atoms with Gasteiger partial charge in [-0.25, -0.2) is 0 Å². The van der Waals surface area contributed by atoms with Crippen LogP contribution in [0.3, 0.4) is 0 Å². The Balaban J connectivity index is 0. The molecule has 0 unspecified atom stereocenters. The zero-order chi connectivity index (χ0) is 5.91. The molecule has 50 valence electrons. The Hall–Kier alpha value is 0.709. The normalized spacial score (nSPS) is 10.2. The van der Waals surface area contributed by atoms with Crippen molar-refractivity contribution in [2.45, 2.75) is 13.3 Å². The fourth-order valence-corrected chi connectivity index (χ4v) is 0.774. The summed E-state index contributed by atoms with van der Waals surface area (Å²) in [5.74, 6) is -0.132. The van der Waals surface area contributed by atoms with Crippen LogP contribution in [0, 0.1) is 0 Å². The second-order valence-corrected chi connectivity index (χ2v) is 2.86. The number of rotatable bonds is 2. The van der Waals surface area contributed by atoms with Crippen molar-refractivity contribution in [2.24, 2.45) is 0 Å². The molecular formula is C3H10O3SSn. The summed E-state index contributed by atoms with van der Waals surface area (Å²) in [6, 6.07) is 0. The van der Waals surface area contributed by atoms with Gasteiger partial charge in [0.05, 0.1) is 5.75 Å². The molecule has 1 N–H and O–H groups in total. The third-order valence-electron chi connectivity index (χ3n) is 0.462. The van der Waals surface area contributed by atoms with Crippen LogP contribution in [0.15, 0.2) is 0 Å². The molecule has 0 spiro atoms. The maximum atomic E-state index is 9.79. The van der Waals surface area contributed by atoms with E-state index in [9.17, 15) is 8.42 Å². The van der Waals surface area contributed by atoms with E-state index in [2.05, 4.69) is 0 Å². The molecule has 0 aromatic rings. The van der Waals surface area contributed by atoms with Crippen LogP contribution in [0.2, 0.25) is 0 Å². The van der Waals surface area contributed by atoms with Crippen LogP contribution in [-0.2, 0) is 10.1 Å². The molecule has 0 atom stereocenters. The van der Waals surface area contributed by atoms with Gasteiger partial charge in [0.2, 0.25) is 0 Å². The Bertz CT molecular complexity index is 127. The zero-order valence-corrected chi connectivity index (χ0v) is 9.65. The van der Waals surface area contributed by atoms with E-state index in [1.807, 2.05) is 0 Å². The fourth-order valence-electron chi connectivity index (χ4n) is 0.258. The van der Waals surface area contributed by atoms with Crippen molar-refractivity contribution in [2.75, 3.05) is 5.75 Å². The van der Waals surface area contributed by atoms with E-state index >= 15 is 0 Å². The number of hydrogen-bond acceptors (Lipinski definition) is 2. The van der Waals surface area contributed by atoms with Crippen LogP contribution in [0.25, 0.3) is 0 Å². The molecule has 0 saturated heterocycles. The van der Waals surface area contributed by atoms with Crippen molar-refractivity contribution < 1.29 is 13.0 Å². The Morgan fingerprint density at radius 3 is 1.88 bits per heavy atom. The van der Waals surface area contributed by atoms with Crippen molar-refractivity contribution in [3.63, 3.8) is 0 Å². The second kappa shape index (κ2) is 4.57. The van der Waals surface area contributed by atoms with Gasteiger partial charge in [0.1, 0.15) is 0 Å². The molecule has 0 heterocycles. The Kier molecular flexibility index (Phi) is 6.58. The monoisotopic (exact) mass is 246 g/mol. The Labute approximate surface area is 66.2 Å². The van der Waals surface area contributed by atoms with Gasteiger partial charge < -0.3 is 0 Å². The van der Waals surface area contributed by atoms with Gasteiger partial charge in [0.25, 0.3) is 10.1 Å². The second-order valence-electron chi connectivity index (χ2n) is 1.29. The van der Waals surface area contributed by atoms with E-state index in [0.717, 1.165) is 0 Å². The van der Waals surface area contributed by atoms with Crippen molar-refractivity contribution in [3.8, 4) is 0 Å². The third kappa shape index (κ3) is 9.86. The average Bonchev–Trinajstić information content (AvgIpc) is 1.30. The summed E-state index contributed by atoms with van der Waals surface area (Å²) in [7, 11) is -3.67. The van der Waals surface area contributed by atoms with Gasteiger partial charge in [-0.05, 0) is 6.42 Å². The van der Waals surface area contributed by atoms with Crippen molar-refractivity contribution in [1.82, 2.24) is 0 Å². The van der Waals surface area contributed by atoms with Crippen LogP contribution in [0.1, 0.15) is 13.3 Å². The predicted octanol–water partition coefficient (Wildman–Crippen LogP) is -0.632. The van der Waals surface area contributed by atoms with Gasteiger partial charge in [-0.2, -0.15) is 8.42 Å². The summed E-state index contributed by atoms with van der Waals surface area (Å²) in [5.41, 5.74) is 0. The molecule has 5 heteroatoms. The van der Waals surface area contributed by atoms with Crippen LogP contribution < -0.4 is 0 Å². The first-order valence-corrected chi connectivity index (χ1v) is 3.62. The van der Waals surface area contributed by atoms with Gasteiger partial charge in [-0.15, -0.1) is 0 Å². The summed E-state index contributed by atoms with van der Waals surface area (Å²) in [6.45, 7) is 1.69. The molecule has 0 aliphatic rings. The molecule has 0 rings (SSSR count). The van der Waals surface area contributed by atoms with Gasteiger partial charge in [0.15, 0.2) is 0 Å². The maximum absolute atomic E-state index is 9.79. The van der Waals surface area contributed by atoms with Gasteiger partial charge in [-0.1, -0.05) is 6.92 Å². The average molecular weight is 245 g/mol. The molecule has 0 aliphatic heterocycles. The van der Waals surface area contributed by atoms with E-state index in [4.69, 9.17) is 4.55 Å². The molecule has 0 saturated carbocycles. The first-order valence-electron chi connectivity index (χ1n) is 2.01. The first-order chi connectivity index (χ1) is 3.06. The van der Waals surface area contributed by atoms with Gasteiger partial charge in [-0.3, -0.25) is 4.55 Å². The molecule has 2 radical (unpaired) electrons. The topological polar surface area (TPSA) is 54.4 Å². The molecule has 0 aromatic carbocycles. The van der Waals surface area contributed by atoms with E-state index in [1.165, 1.54) is 0 Å². The van der Waals surface area contributed by atoms with Crippen LogP contribution >= 0.6 is 0 Å². The first kappa shape index (κ1) is 11.5. The molecule has 0 aliphatic carbocycles. The Morgan fingerprint density at radius 2 is 1.88 bits per heavy atom. The summed E-state index contributed by atoms with van der Waals surface area (Å²) in [4.78, 5) is 0. The SMILES string of the molecule is CCCS(=O)(=O)O.[SnH2]. The zero-order valence-electron chi connectivity index (χ0n) is 4.79. The van der Waals surface area contributed by atoms with Crippen LogP contribution in [-0.4, -0.2) is 42.6 Å². The minimum atomic E-state index is -3.67. The third-order valence-corrected chi connectivity index (χ3v) is 1.39. The summed E-state index contributed by atoms with van der Waals surface area (Å²) in [5, 5.41) is 0. The summed E-state index contributed by atoms with van der Waals surface area (Å²) in [6.07, 6.45) is 0.471. The van der Waals surface area contributed by atoms with E-state index in [0.29, 0.717) is 6.42 Å². The molecule has 0 aromatic heterocycles. The van der Waals surface area contributed by atoms with Crippen LogP contribution in [0.5, 0.6) is 0 Å². The molecule has 3 nitrogen and oxygen atoms in total. The summed E-state index contributed by atoms with van der Waals surface area (Å²) >= 11 is 0. The van der Waals surface area contributed by atoms with E-state index in [-0.39, 0.29) is 29.7 Å². The quantitative estimate of drug-likeness (QED) is 0.520. The predicted molar refractivity (Wildman–Crippen MR) is 35.3 cm³/mol. The fraction of sp³-hybridized carbons (Fsp3) is 1.00. The molecule has 0 bridgehead atoms. The molecule has 0 amide bonds. The van der Waals surface area contributed by atoms with E-state index < -0.39 is 10.1 Å². The van der Waals surface area contributed by atoms with Crippen molar-refractivity contribution in [1.29, 1.82) is 0 Å². The minimum absolute atomic E-state index is 0. The molecular weight excluding hydrogens is 235 g/mol. The standard InChI is InChI=1S/C3H8O3S.Sn.2H/c1-2-3-7(4,5)6;;;/h2-3H2,1H3,(H,4,5,6);;;. The number of hydrogen-bond donors (Lipinski definition) is 1. The van der Waals surface area contributed by atoms with Gasteiger partial charge in [0, 0.05) is 0 Å². The van der Waals surface area contributed by atoms with Crippen molar-refractivity contribution >= 4 is 34.0 Å². The van der Waals surface area contributed by atoms with Crippen LogP contribution in [0.4, 0.5) is 0 Å². The molecule has 8 heavy (non-hydrogen) atoms. The Morgan fingerprint density at radius 1 is 1.50 bits per heavy atom. The van der Waals surface area contributed by atoms with Crippen molar-refractivity contribution in [3.05, 3.63) is 0 Å². The molecule has 0 fully saturated rings. The van der Waals surface area contributed by atoms with Gasteiger partial charge >= 0.3 is 23.9 Å². The summed E-state index contributed by atoms with van der Waals surface area (Å²) < 4.78 is 27.6.